The van der Waals surface area contributed by atoms with E-state index in [4.69, 9.17) is 11.6 Å². The zero-order chi connectivity index (χ0) is 15.2. The number of nitriles is 1. The second-order valence-corrected chi connectivity index (χ2v) is 5.56. The number of nitrogens with zero attached hydrogens (tertiary/aromatic N) is 2. The van der Waals surface area contributed by atoms with Gasteiger partial charge in [0.25, 0.3) is 5.91 Å². The number of hydrogen-bond donors (Lipinski definition) is 1. The lowest BCUT2D eigenvalue weighted by Crippen LogP contribution is -2.36. The SMILES string of the molecule is Cc1cc(Cl)ccc1N/C=C(/C#N)C(=O)N1CCCCC1. The van der Waals surface area contributed by atoms with Crippen LogP contribution in [0.5, 0.6) is 0 Å². The lowest BCUT2D eigenvalue weighted by Gasteiger charge is -2.26. The number of carbonyl (C=O) groups is 1. The molecule has 1 aromatic carbocycles. The van der Waals surface area contributed by atoms with Gasteiger partial charge in [-0.3, -0.25) is 4.79 Å². The van der Waals surface area contributed by atoms with Crippen molar-refractivity contribution in [2.75, 3.05) is 18.4 Å². The lowest BCUT2D eigenvalue weighted by molar-refractivity contribution is -0.127. The lowest BCUT2D eigenvalue weighted by atomic mass is 10.1. The number of rotatable bonds is 3. The van der Waals surface area contributed by atoms with E-state index in [1.807, 2.05) is 25.1 Å². The summed E-state index contributed by atoms with van der Waals surface area (Å²) in [6, 6.07) is 7.41. The summed E-state index contributed by atoms with van der Waals surface area (Å²) in [7, 11) is 0. The normalized spacial score (nSPS) is 15.5. The number of amides is 1. The van der Waals surface area contributed by atoms with Crippen LogP contribution < -0.4 is 5.32 Å². The second-order valence-electron chi connectivity index (χ2n) is 5.13. The summed E-state index contributed by atoms with van der Waals surface area (Å²) in [6.07, 6.45) is 4.65. The fourth-order valence-electron chi connectivity index (χ4n) is 2.35. The molecule has 5 heteroatoms. The Balaban J connectivity index is 2.09. The Kier molecular flexibility index (Phi) is 5.24. The minimum atomic E-state index is -0.198. The molecule has 0 spiro atoms. The summed E-state index contributed by atoms with van der Waals surface area (Å²) in [6.45, 7) is 3.39. The van der Waals surface area contributed by atoms with E-state index < -0.39 is 0 Å². The van der Waals surface area contributed by atoms with Gasteiger partial charge < -0.3 is 10.2 Å². The number of hydrogen-bond acceptors (Lipinski definition) is 3. The predicted molar refractivity (Wildman–Crippen MR) is 83.9 cm³/mol. The number of piperidine rings is 1. The van der Waals surface area contributed by atoms with Gasteiger partial charge in [0.05, 0.1) is 0 Å². The first kappa shape index (κ1) is 15.4. The number of aryl methyl sites for hydroxylation is 1. The molecule has 1 heterocycles. The molecule has 0 aromatic heterocycles. The van der Waals surface area contributed by atoms with Crippen molar-refractivity contribution in [3.05, 3.63) is 40.6 Å². The van der Waals surface area contributed by atoms with Crippen LogP contribution >= 0.6 is 11.6 Å². The summed E-state index contributed by atoms with van der Waals surface area (Å²) >= 11 is 5.90. The van der Waals surface area contributed by atoms with Crippen LogP contribution in [0.3, 0.4) is 0 Å². The summed E-state index contributed by atoms with van der Waals surface area (Å²) in [5.74, 6) is -0.198. The number of halogens is 1. The molecule has 1 aliphatic rings. The largest absolute Gasteiger partial charge is 0.360 e. The Hall–Kier alpha value is -1.99. The van der Waals surface area contributed by atoms with Gasteiger partial charge >= 0.3 is 0 Å². The first-order valence-electron chi connectivity index (χ1n) is 7.04. The van der Waals surface area contributed by atoms with Gasteiger partial charge in [0.2, 0.25) is 0 Å². The Morgan fingerprint density at radius 3 is 2.71 bits per heavy atom. The van der Waals surface area contributed by atoms with Gasteiger partial charge in [0.1, 0.15) is 11.6 Å². The van der Waals surface area contributed by atoms with Gasteiger partial charge in [0, 0.05) is 30.0 Å². The highest BCUT2D eigenvalue weighted by Gasteiger charge is 2.20. The summed E-state index contributed by atoms with van der Waals surface area (Å²) in [5, 5.41) is 12.9. The molecule has 0 saturated carbocycles. The zero-order valence-corrected chi connectivity index (χ0v) is 12.8. The highest BCUT2D eigenvalue weighted by atomic mass is 35.5. The molecule has 0 atom stereocenters. The van der Waals surface area contributed by atoms with E-state index in [2.05, 4.69) is 5.32 Å². The first-order valence-corrected chi connectivity index (χ1v) is 7.42. The predicted octanol–water partition coefficient (Wildman–Crippen LogP) is 3.48. The maximum Gasteiger partial charge on any atom is 0.266 e. The molecule has 1 aromatic rings. The van der Waals surface area contributed by atoms with Crippen LogP contribution in [-0.2, 0) is 4.79 Å². The van der Waals surface area contributed by atoms with Crippen molar-refractivity contribution >= 4 is 23.2 Å². The molecule has 4 nitrogen and oxygen atoms in total. The topological polar surface area (TPSA) is 56.1 Å². The summed E-state index contributed by atoms with van der Waals surface area (Å²) in [5.41, 5.74) is 1.92. The van der Waals surface area contributed by atoms with Crippen LogP contribution in [0.1, 0.15) is 24.8 Å². The second kappa shape index (κ2) is 7.14. The van der Waals surface area contributed by atoms with Crippen LogP contribution in [0.2, 0.25) is 5.02 Å². The molecule has 1 N–H and O–H groups in total. The Labute approximate surface area is 130 Å². The Morgan fingerprint density at radius 1 is 1.38 bits per heavy atom. The van der Waals surface area contributed by atoms with Crippen LogP contribution in [0, 0.1) is 18.3 Å². The molecule has 1 saturated heterocycles. The molecule has 0 aliphatic carbocycles. The van der Waals surface area contributed by atoms with Crippen LogP contribution in [0.4, 0.5) is 5.69 Å². The summed E-state index contributed by atoms with van der Waals surface area (Å²) < 4.78 is 0. The maximum absolute atomic E-state index is 12.3. The highest BCUT2D eigenvalue weighted by Crippen LogP contribution is 2.20. The number of likely N-dealkylation sites (tertiary alicyclic amines) is 1. The monoisotopic (exact) mass is 303 g/mol. The van der Waals surface area contributed by atoms with Crippen molar-refractivity contribution in [1.29, 1.82) is 5.26 Å². The number of nitrogens with one attached hydrogen (secondary N) is 1. The smallest absolute Gasteiger partial charge is 0.266 e. The first-order chi connectivity index (χ1) is 10.1. The molecule has 1 amide bonds. The van der Waals surface area contributed by atoms with Gasteiger partial charge in [-0.1, -0.05) is 11.6 Å². The fourth-order valence-corrected chi connectivity index (χ4v) is 2.57. The van der Waals surface area contributed by atoms with E-state index >= 15 is 0 Å². The molecule has 0 bridgehead atoms. The van der Waals surface area contributed by atoms with Crippen LogP contribution in [-0.4, -0.2) is 23.9 Å². The van der Waals surface area contributed by atoms with Crippen molar-refractivity contribution in [2.24, 2.45) is 0 Å². The molecule has 2 rings (SSSR count). The van der Waals surface area contributed by atoms with E-state index in [0.717, 1.165) is 43.6 Å². The van der Waals surface area contributed by atoms with Crippen molar-refractivity contribution in [1.82, 2.24) is 4.90 Å². The quantitative estimate of drug-likeness (QED) is 0.687. The van der Waals surface area contributed by atoms with E-state index in [9.17, 15) is 10.1 Å². The third-order valence-corrected chi connectivity index (χ3v) is 3.79. The summed E-state index contributed by atoms with van der Waals surface area (Å²) in [4.78, 5) is 14.0. The molecule has 0 radical (unpaired) electrons. The molecular formula is C16H18ClN3O. The highest BCUT2D eigenvalue weighted by molar-refractivity contribution is 6.30. The number of anilines is 1. The molecular weight excluding hydrogens is 286 g/mol. The van der Waals surface area contributed by atoms with Crippen molar-refractivity contribution in [3.63, 3.8) is 0 Å². The molecule has 1 aliphatic heterocycles. The van der Waals surface area contributed by atoms with Crippen LogP contribution in [0.15, 0.2) is 30.0 Å². The van der Waals surface area contributed by atoms with Gasteiger partial charge in [-0.25, -0.2) is 0 Å². The fraction of sp³-hybridized carbons (Fsp3) is 0.375. The maximum atomic E-state index is 12.3. The molecule has 1 fully saturated rings. The molecule has 110 valence electrons. The standard InChI is InChI=1S/C16H18ClN3O/c1-12-9-14(17)5-6-15(12)19-11-13(10-18)16(21)20-7-3-2-4-8-20/h5-6,9,11,19H,2-4,7-8H2,1H3/b13-11-. The minimum absolute atomic E-state index is 0.131. The van der Waals surface area contributed by atoms with Gasteiger partial charge in [-0.15, -0.1) is 0 Å². The average molecular weight is 304 g/mol. The number of carbonyl (C=O) groups excluding carboxylic acids is 1. The van der Waals surface area contributed by atoms with E-state index in [0.29, 0.717) is 5.02 Å². The third kappa shape index (κ3) is 3.99. The van der Waals surface area contributed by atoms with E-state index in [1.165, 1.54) is 6.20 Å². The van der Waals surface area contributed by atoms with Crippen molar-refractivity contribution in [2.45, 2.75) is 26.2 Å². The Bertz CT molecular complexity index is 598. The van der Waals surface area contributed by atoms with Crippen molar-refractivity contribution in [3.8, 4) is 6.07 Å². The zero-order valence-electron chi connectivity index (χ0n) is 12.0. The van der Waals surface area contributed by atoms with Crippen LogP contribution in [0.25, 0.3) is 0 Å². The van der Waals surface area contributed by atoms with Gasteiger partial charge in [-0.05, 0) is 49.9 Å². The molecule has 0 unspecified atom stereocenters. The average Bonchev–Trinajstić information content (AvgIpc) is 2.50. The van der Waals surface area contributed by atoms with E-state index in [-0.39, 0.29) is 11.5 Å². The number of benzene rings is 1. The van der Waals surface area contributed by atoms with Crippen molar-refractivity contribution < 1.29 is 4.79 Å². The minimum Gasteiger partial charge on any atom is -0.360 e. The van der Waals surface area contributed by atoms with Gasteiger partial charge in [-0.2, -0.15) is 5.26 Å². The molecule has 21 heavy (non-hydrogen) atoms. The van der Waals surface area contributed by atoms with Gasteiger partial charge in [0.15, 0.2) is 0 Å². The Morgan fingerprint density at radius 2 is 2.10 bits per heavy atom. The third-order valence-electron chi connectivity index (χ3n) is 3.55. The van der Waals surface area contributed by atoms with E-state index in [1.54, 1.807) is 11.0 Å².